The zero-order chi connectivity index (χ0) is 10.3. The average Bonchev–Trinajstić information content (AvgIpc) is 2.89. The van der Waals surface area contributed by atoms with Crippen LogP contribution in [0.15, 0.2) is 0 Å². The first-order valence-corrected chi connectivity index (χ1v) is 5.05. The highest BCUT2D eigenvalue weighted by Crippen LogP contribution is 2.25. The maximum Gasteiger partial charge on any atom is 0.112 e. The molecule has 1 rings (SSSR count). The van der Waals surface area contributed by atoms with Crippen LogP contribution < -0.4 is 0 Å². The molecule has 84 valence electrons. The van der Waals surface area contributed by atoms with Gasteiger partial charge in [0, 0.05) is 20.3 Å². The standard InChI is InChI=1S/C10H20O4/c1-10(9-14-10)8-13-7-6-12-5-3-4-11-2/h3-9H2,1-2H3. The Morgan fingerprint density at radius 1 is 1.14 bits per heavy atom. The lowest BCUT2D eigenvalue weighted by Gasteiger charge is -2.07. The van der Waals surface area contributed by atoms with Crippen LogP contribution in [0.2, 0.25) is 0 Å². The van der Waals surface area contributed by atoms with E-state index in [-0.39, 0.29) is 5.60 Å². The first-order chi connectivity index (χ1) is 6.77. The Morgan fingerprint density at radius 2 is 1.86 bits per heavy atom. The van der Waals surface area contributed by atoms with Crippen molar-refractivity contribution >= 4 is 0 Å². The number of epoxide rings is 1. The molecule has 14 heavy (non-hydrogen) atoms. The van der Waals surface area contributed by atoms with E-state index in [1.165, 1.54) is 0 Å². The summed E-state index contributed by atoms with van der Waals surface area (Å²) >= 11 is 0. The van der Waals surface area contributed by atoms with E-state index in [1.54, 1.807) is 7.11 Å². The van der Waals surface area contributed by atoms with Gasteiger partial charge < -0.3 is 18.9 Å². The van der Waals surface area contributed by atoms with Crippen molar-refractivity contribution in [2.45, 2.75) is 18.9 Å². The van der Waals surface area contributed by atoms with Gasteiger partial charge in [-0.25, -0.2) is 0 Å². The van der Waals surface area contributed by atoms with E-state index in [4.69, 9.17) is 18.9 Å². The maximum absolute atomic E-state index is 5.39. The Labute approximate surface area is 85.5 Å². The molecule has 0 saturated carbocycles. The lowest BCUT2D eigenvalue weighted by molar-refractivity contribution is 0.0233. The third-order valence-corrected chi connectivity index (χ3v) is 2.05. The van der Waals surface area contributed by atoms with Gasteiger partial charge in [0.15, 0.2) is 0 Å². The summed E-state index contributed by atoms with van der Waals surface area (Å²) in [6, 6.07) is 0. The fourth-order valence-electron chi connectivity index (χ4n) is 1.02. The second kappa shape index (κ2) is 6.35. The summed E-state index contributed by atoms with van der Waals surface area (Å²) < 4.78 is 20.8. The smallest absolute Gasteiger partial charge is 0.112 e. The zero-order valence-corrected chi connectivity index (χ0v) is 9.08. The minimum atomic E-state index is -0.00392. The molecule has 1 heterocycles. The molecule has 0 aromatic rings. The van der Waals surface area contributed by atoms with E-state index < -0.39 is 0 Å². The molecule has 0 radical (unpaired) electrons. The highest BCUT2D eigenvalue weighted by Gasteiger charge is 2.39. The molecule has 1 unspecified atom stereocenters. The average molecular weight is 204 g/mol. The summed E-state index contributed by atoms with van der Waals surface area (Å²) in [5.41, 5.74) is -0.00392. The van der Waals surface area contributed by atoms with Gasteiger partial charge in [-0.05, 0) is 13.3 Å². The van der Waals surface area contributed by atoms with Crippen molar-refractivity contribution in [2.24, 2.45) is 0 Å². The van der Waals surface area contributed by atoms with Crippen LogP contribution in [0.1, 0.15) is 13.3 Å². The number of hydrogen-bond acceptors (Lipinski definition) is 4. The molecule has 4 nitrogen and oxygen atoms in total. The van der Waals surface area contributed by atoms with Crippen LogP contribution in [0.3, 0.4) is 0 Å². The molecule has 1 aliphatic rings. The third-order valence-electron chi connectivity index (χ3n) is 2.05. The highest BCUT2D eigenvalue weighted by atomic mass is 16.6. The second-order valence-corrected chi connectivity index (χ2v) is 3.75. The molecule has 0 bridgehead atoms. The van der Waals surface area contributed by atoms with Gasteiger partial charge in [-0.2, -0.15) is 0 Å². The van der Waals surface area contributed by atoms with Crippen molar-refractivity contribution in [3.05, 3.63) is 0 Å². The number of rotatable bonds is 9. The van der Waals surface area contributed by atoms with Crippen LogP contribution >= 0.6 is 0 Å². The quantitative estimate of drug-likeness (QED) is 0.412. The molecule has 0 amide bonds. The van der Waals surface area contributed by atoms with Gasteiger partial charge in [0.1, 0.15) is 5.60 Å². The van der Waals surface area contributed by atoms with Crippen molar-refractivity contribution in [1.82, 2.24) is 0 Å². The molecule has 0 aromatic heterocycles. The molecule has 1 aliphatic heterocycles. The van der Waals surface area contributed by atoms with Crippen molar-refractivity contribution in [2.75, 3.05) is 46.8 Å². The number of ether oxygens (including phenoxy) is 4. The van der Waals surface area contributed by atoms with Gasteiger partial charge in [-0.15, -0.1) is 0 Å². The Hall–Kier alpha value is -0.160. The van der Waals surface area contributed by atoms with Gasteiger partial charge in [0.2, 0.25) is 0 Å². The highest BCUT2D eigenvalue weighted by molar-refractivity contribution is 4.86. The normalized spacial score (nSPS) is 25.3. The molecule has 0 aromatic carbocycles. The maximum atomic E-state index is 5.39. The van der Waals surface area contributed by atoms with E-state index in [2.05, 4.69) is 0 Å². The zero-order valence-electron chi connectivity index (χ0n) is 9.08. The summed E-state index contributed by atoms with van der Waals surface area (Å²) in [5.74, 6) is 0. The predicted molar refractivity (Wildman–Crippen MR) is 52.5 cm³/mol. The van der Waals surface area contributed by atoms with Gasteiger partial charge in [-0.3, -0.25) is 0 Å². The van der Waals surface area contributed by atoms with Gasteiger partial charge in [0.05, 0.1) is 26.4 Å². The Kier molecular flexibility index (Phi) is 5.40. The monoisotopic (exact) mass is 204 g/mol. The van der Waals surface area contributed by atoms with Crippen molar-refractivity contribution in [1.29, 1.82) is 0 Å². The molecule has 0 aliphatic carbocycles. The van der Waals surface area contributed by atoms with Crippen LogP contribution in [0.5, 0.6) is 0 Å². The van der Waals surface area contributed by atoms with E-state index in [0.717, 1.165) is 26.2 Å². The van der Waals surface area contributed by atoms with Gasteiger partial charge in [-0.1, -0.05) is 0 Å². The number of methoxy groups -OCH3 is 1. The predicted octanol–water partition coefficient (Wildman–Crippen LogP) is 0.845. The van der Waals surface area contributed by atoms with Crippen LogP contribution in [0, 0.1) is 0 Å². The Balaban J connectivity index is 1.72. The molecule has 1 saturated heterocycles. The summed E-state index contributed by atoms with van der Waals surface area (Å²) in [6.45, 7) is 6.34. The fraction of sp³-hybridized carbons (Fsp3) is 1.00. The van der Waals surface area contributed by atoms with Crippen molar-refractivity contribution in [3.8, 4) is 0 Å². The number of hydrogen-bond donors (Lipinski definition) is 0. The van der Waals surface area contributed by atoms with Crippen LogP contribution in [-0.2, 0) is 18.9 Å². The summed E-state index contributed by atoms with van der Waals surface area (Å²) in [4.78, 5) is 0. The second-order valence-electron chi connectivity index (χ2n) is 3.75. The lowest BCUT2D eigenvalue weighted by atomic mass is 10.2. The van der Waals surface area contributed by atoms with Crippen molar-refractivity contribution < 1.29 is 18.9 Å². The van der Waals surface area contributed by atoms with E-state index in [1.807, 2.05) is 6.92 Å². The topological polar surface area (TPSA) is 40.2 Å². The SMILES string of the molecule is COCCCOCCOCC1(C)CO1. The van der Waals surface area contributed by atoms with Gasteiger partial charge in [0.25, 0.3) is 0 Å². The molecular formula is C10H20O4. The van der Waals surface area contributed by atoms with Crippen molar-refractivity contribution in [3.63, 3.8) is 0 Å². The summed E-state index contributed by atoms with van der Waals surface area (Å²) in [5, 5.41) is 0. The Morgan fingerprint density at radius 3 is 2.50 bits per heavy atom. The van der Waals surface area contributed by atoms with E-state index in [9.17, 15) is 0 Å². The third kappa shape index (κ3) is 5.54. The first-order valence-electron chi connectivity index (χ1n) is 5.05. The van der Waals surface area contributed by atoms with Crippen LogP contribution in [-0.4, -0.2) is 52.4 Å². The van der Waals surface area contributed by atoms with E-state index >= 15 is 0 Å². The summed E-state index contributed by atoms with van der Waals surface area (Å²) in [7, 11) is 1.69. The molecule has 1 atom stereocenters. The van der Waals surface area contributed by atoms with Crippen LogP contribution in [0.4, 0.5) is 0 Å². The minimum Gasteiger partial charge on any atom is -0.385 e. The minimum absolute atomic E-state index is 0.00392. The molecule has 0 spiro atoms. The summed E-state index contributed by atoms with van der Waals surface area (Å²) in [6.07, 6.45) is 0.942. The molecular weight excluding hydrogens is 184 g/mol. The van der Waals surface area contributed by atoms with Crippen LogP contribution in [0.25, 0.3) is 0 Å². The first kappa shape index (κ1) is 11.9. The fourth-order valence-corrected chi connectivity index (χ4v) is 1.02. The largest absolute Gasteiger partial charge is 0.385 e. The van der Waals surface area contributed by atoms with Gasteiger partial charge >= 0.3 is 0 Å². The molecule has 4 heteroatoms. The lowest BCUT2D eigenvalue weighted by Crippen LogP contribution is -2.17. The molecule has 0 N–H and O–H groups in total. The van der Waals surface area contributed by atoms with E-state index in [0.29, 0.717) is 19.8 Å². The molecule has 1 fully saturated rings. The Bertz CT molecular complexity index is 145.